The molecule has 0 spiro atoms. The van der Waals surface area contributed by atoms with Gasteiger partial charge in [0.1, 0.15) is 0 Å². The lowest BCUT2D eigenvalue weighted by atomic mass is 10.1. The van der Waals surface area contributed by atoms with Gasteiger partial charge in [0.15, 0.2) is 0 Å². The minimum Gasteiger partial charge on any atom is -0.355 e. The van der Waals surface area contributed by atoms with Crippen LogP contribution in [0.25, 0.3) is 10.8 Å². The highest BCUT2D eigenvalue weighted by Gasteiger charge is 2.34. The van der Waals surface area contributed by atoms with Crippen LogP contribution in [0.5, 0.6) is 0 Å². The molecule has 1 heterocycles. The third kappa shape index (κ3) is 3.13. The first-order chi connectivity index (χ1) is 10.7. The van der Waals surface area contributed by atoms with Gasteiger partial charge in [-0.1, -0.05) is 36.4 Å². The molecule has 3 rings (SSSR count). The number of carbonyl (C=O) groups is 1. The molecule has 0 aliphatic carbocycles. The van der Waals surface area contributed by atoms with Crippen LogP contribution in [0.2, 0.25) is 0 Å². The molecule has 0 aromatic heterocycles. The molecule has 2 aromatic rings. The molecule has 1 aliphatic heterocycles. The van der Waals surface area contributed by atoms with Crippen molar-refractivity contribution in [3.63, 3.8) is 0 Å². The summed E-state index contributed by atoms with van der Waals surface area (Å²) in [6.07, 6.45) is 0.736. The number of nitrogens with zero attached hydrogens (tertiary/aromatic N) is 1. The molecule has 1 amide bonds. The van der Waals surface area contributed by atoms with Gasteiger partial charge in [0, 0.05) is 25.7 Å². The van der Waals surface area contributed by atoms with Crippen molar-refractivity contribution in [2.75, 3.05) is 13.1 Å². The minimum atomic E-state index is -0.110. The lowest BCUT2D eigenvalue weighted by Crippen LogP contribution is -2.42. The van der Waals surface area contributed by atoms with Gasteiger partial charge in [-0.15, -0.1) is 0 Å². The van der Waals surface area contributed by atoms with Crippen LogP contribution in [0.3, 0.4) is 0 Å². The first kappa shape index (κ1) is 15.0. The van der Waals surface area contributed by atoms with E-state index in [1.54, 1.807) is 0 Å². The summed E-state index contributed by atoms with van der Waals surface area (Å²) in [5.41, 5.74) is 7.30. The molecule has 0 bridgehead atoms. The second-order valence-electron chi connectivity index (χ2n) is 6.02. The van der Waals surface area contributed by atoms with Gasteiger partial charge in [-0.05, 0) is 35.7 Å². The molecule has 116 valence electrons. The average molecular weight is 297 g/mol. The summed E-state index contributed by atoms with van der Waals surface area (Å²) < 4.78 is 0. The first-order valence-corrected chi connectivity index (χ1v) is 7.92. The fraction of sp³-hybridized carbons (Fsp3) is 0.389. The van der Waals surface area contributed by atoms with Gasteiger partial charge in [-0.25, -0.2) is 0 Å². The Balaban J connectivity index is 1.78. The molecule has 4 heteroatoms. The topological polar surface area (TPSA) is 58.4 Å². The summed E-state index contributed by atoms with van der Waals surface area (Å²) in [6.45, 7) is 4.14. The van der Waals surface area contributed by atoms with Crippen LogP contribution in [0.4, 0.5) is 0 Å². The molecule has 22 heavy (non-hydrogen) atoms. The third-order valence-electron chi connectivity index (χ3n) is 4.29. The molecule has 2 atom stereocenters. The maximum absolute atomic E-state index is 12.2. The van der Waals surface area contributed by atoms with Crippen molar-refractivity contribution in [1.82, 2.24) is 10.2 Å². The largest absolute Gasteiger partial charge is 0.355 e. The second kappa shape index (κ2) is 6.46. The zero-order valence-electron chi connectivity index (χ0n) is 13.0. The normalized spacial score (nSPS) is 22.1. The molecule has 1 saturated heterocycles. The van der Waals surface area contributed by atoms with Crippen LogP contribution < -0.4 is 11.1 Å². The van der Waals surface area contributed by atoms with Gasteiger partial charge >= 0.3 is 0 Å². The van der Waals surface area contributed by atoms with Gasteiger partial charge in [0.05, 0.1) is 6.04 Å². The molecule has 1 fully saturated rings. The van der Waals surface area contributed by atoms with Crippen LogP contribution in [0, 0.1) is 0 Å². The Bertz CT molecular complexity index is 670. The smallest absolute Gasteiger partial charge is 0.237 e. The van der Waals surface area contributed by atoms with Gasteiger partial charge in [0.25, 0.3) is 0 Å². The van der Waals surface area contributed by atoms with E-state index in [2.05, 4.69) is 46.6 Å². The highest BCUT2D eigenvalue weighted by Crippen LogP contribution is 2.22. The van der Waals surface area contributed by atoms with Crippen molar-refractivity contribution < 1.29 is 4.79 Å². The molecule has 0 radical (unpaired) electrons. The van der Waals surface area contributed by atoms with Crippen molar-refractivity contribution in [3.05, 3.63) is 48.0 Å². The predicted molar refractivity (Wildman–Crippen MR) is 89.4 cm³/mol. The number of hydrogen-bond donors (Lipinski definition) is 2. The Kier molecular flexibility index (Phi) is 4.41. The molecule has 4 nitrogen and oxygen atoms in total. The molecule has 0 unspecified atom stereocenters. The maximum Gasteiger partial charge on any atom is 0.237 e. The zero-order chi connectivity index (χ0) is 15.5. The molecular weight excluding hydrogens is 274 g/mol. The fourth-order valence-corrected chi connectivity index (χ4v) is 3.25. The minimum absolute atomic E-state index is 0.0769. The Morgan fingerprint density at radius 2 is 2.05 bits per heavy atom. The average Bonchev–Trinajstić information content (AvgIpc) is 2.88. The van der Waals surface area contributed by atoms with Crippen molar-refractivity contribution >= 4 is 16.7 Å². The third-order valence-corrected chi connectivity index (χ3v) is 4.29. The fourth-order valence-electron chi connectivity index (χ4n) is 3.25. The van der Waals surface area contributed by atoms with Crippen LogP contribution in [0.1, 0.15) is 18.9 Å². The number of benzene rings is 2. The SMILES string of the molecule is CCNC(=O)[C@@H]1C[C@H](N)CN1Cc1ccc2ccccc2c1. The number of likely N-dealkylation sites (N-methyl/N-ethyl adjacent to an activating group) is 1. The van der Waals surface area contributed by atoms with E-state index in [0.29, 0.717) is 6.54 Å². The van der Waals surface area contributed by atoms with Crippen LogP contribution in [0.15, 0.2) is 42.5 Å². The Hall–Kier alpha value is -1.91. The van der Waals surface area contributed by atoms with E-state index in [1.807, 2.05) is 13.0 Å². The van der Waals surface area contributed by atoms with E-state index < -0.39 is 0 Å². The molecule has 0 saturated carbocycles. The second-order valence-corrected chi connectivity index (χ2v) is 6.02. The monoisotopic (exact) mass is 297 g/mol. The van der Waals surface area contributed by atoms with Gasteiger partial charge in [-0.3, -0.25) is 9.69 Å². The van der Waals surface area contributed by atoms with Crippen molar-refractivity contribution in [1.29, 1.82) is 0 Å². The van der Waals surface area contributed by atoms with Crippen molar-refractivity contribution in [3.8, 4) is 0 Å². The highest BCUT2D eigenvalue weighted by molar-refractivity contribution is 5.83. The number of hydrogen-bond acceptors (Lipinski definition) is 3. The number of nitrogens with two attached hydrogens (primary N) is 1. The van der Waals surface area contributed by atoms with E-state index in [4.69, 9.17) is 5.73 Å². The number of likely N-dealkylation sites (tertiary alicyclic amines) is 1. The summed E-state index contributed by atoms with van der Waals surface area (Å²) in [4.78, 5) is 14.4. The molecule has 1 aliphatic rings. The quantitative estimate of drug-likeness (QED) is 0.906. The Morgan fingerprint density at radius 1 is 1.27 bits per heavy atom. The van der Waals surface area contributed by atoms with E-state index in [-0.39, 0.29) is 18.0 Å². The molecule has 3 N–H and O–H groups in total. The maximum atomic E-state index is 12.2. The predicted octanol–water partition coefficient (Wildman–Crippen LogP) is 1.88. The number of nitrogens with one attached hydrogen (secondary N) is 1. The number of amides is 1. The van der Waals surface area contributed by atoms with Crippen LogP contribution in [-0.4, -0.2) is 36.0 Å². The summed E-state index contributed by atoms with van der Waals surface area (Å²) in [6, 6.07) is 14.8. The number of carbonyl (C=O) groups excluding carboxylic acids is 1. The zero-order valence-corrected chi connectivity index (χ0v) is 13.0. The lowest BCUT2D eigenvalue weighted by Gasteiger charge is -2.23. The van der Waals surface area contributed by atoms with Crippen LogP contribution in [-0.2, 0) is 11.3 Å². The van der Waals surface area contributed by atoms with Gasteiger partial charge in [-0.2, -0.15) is 0 Å². The van der Waals surface area contributed by atoms with E-state index in [9.17, 15) is 4.79 Å². The lowest BCUT2D eigenvalue weighted by molar-refractivity contribution is -0.125. The Labute approximate surface area is 131 Å². The first-order valence-electron chi connectivity index (χ1n) is 7.92. The summed E-state index contributed by atoms with van der Waals surface area (Å²) in [7, 11) is 0. The number of fused-ring (bicyclic) bond motifs is 1. The van der Waals surface area contributed by atoms with Crippen LogP contribution >= 0.6 is 0 Å². The van der Waals surface area contributed by atoms with E-state index in [0.717, 1.165) is 19.5 Å². The summed E-state index contributed by atoms with van der Waals surface area (Å²) in [5, 5.41) is 5.39. The van der Waals surface area contributed by atoms with Gasteiger partial charge in [0.2, 0.25) is 5.91 Å². The van der Waals surface area contributed by atoms with E-state index in [1.165, 1.54) is 16.3 Å². The van der Waals surface area contributed by atoms with Crippen molar-refractivity contribution in [2.45, 2.75) is 32.0 Å². The summed E-state index contributed by atoms with van der Waals surface area (Å²) in [5.74, 6) is 0.0937. The van der Waals surface area contributed by atoms with Gasteiger partial charge < -0.3 is 11.1 Å². The standard InChI is InChI=1S/C18H23N3O/c1-2-20-18(22)17-10-16(19)12-21(17)11-13-7-8-14-5-3-4-6-15(14)9-13/h3-9,16-17H,2,10-12,19H2,1H3,(H,20,22)/t16-,17-/m0/s1. The summed E-state index contributed by atoms with van der Waals surface area (Å²) >= 11 is 0. The highest BCUT2D eigenvalue weighted by atomic mass is 16.2. The Morgan fingerprint density at radius 3 is 2.82 bits per heavy atom. The van der Waals surface area contributed by atoms with E-state index >= 15 is 0 Å². The molecular formula is C18H23N3O. The molecule has 2 aromatic carbocycles. The van der Waals surface area contributed by atoms with Crippen molar-refractivity contribution in [2.24, 2.45) is 5.73 Å². The number of rotatable bonds is 4.